The van der Waals surface area contributed by atoms with Crippen LogP contribution in [0.2, 0.25) is 0 Å². The van der Waals surface area contributed by atoms with Crippen molar-refractivity contribution in [2.75, 3.05) is 0 Å². The summed E-state index contributed by atoms with van der Waals surface area (Å²) in [6, 6.07) is 0. The van der Waals surface area contributed by atoms with E-state index in [-0.39, 0.29) is 0 Å². The number of aryl methyl sites for hydroxylation is 2. The van der Waals surface area contributed by atoms with Crippen LogP contribution in [-0.4, -0.2) is 4.57 Å². The van der Waals surface area contributed by atoms with Gasteiger partial charge in [0.15, 0.2) is 0 Å². The van der Waals surface area contributed by atoms with Gasteiger partial charge in [-0.25, -0.2) is 9.13 Å². The van der Waals surface area contributed by atoms with E-state index in [1.807, 2.05) is 0 Å². The first-order valence-electron chi connectivity index (χ1n) is 15.4. The first-order valence-corrected chi connectivity index (χ1v) is 15.4. The molecule has 0 aliphatic rings. The van der Waals surface area contributed by atoms with Crippen molar-refractivity contribution in [3.63, 3.8) is 0 Å². The minimum atomic E-state index is 1.22. The van der Waals surface area contributed by atoms with Crippen molar-refractivity contribution in [3.05, 3.63) is 18.2 Å². The largest absolute Gasteiger partial charge is 0.256 e. The summed E-state index contributed by atoms with van der Waals surface area (Å²) in [4.78, 5) is 0. The average molecular weight is 462 g/mol. The number of nitrogens with zero attached hydrogens (tertiary/aromatic N) is 2. The lowest BCUT2D eigenvalue weighted by atomic mass is 10.1. The Hall–Kier alpha value is -0.790. The van der Waals surface area contributed by atoms with Crippen molar-refractivity contribution in [2.24, 2.45) is 0 Å². The maximum absolute atomic E-state index is 2.61. The van der Waals surface area contributed by atoms with Gasteiger partial charge < -0.3 is 0 Å². The van der Waals surface area contributed by atoms with Crippen molar-refractivity contribution in [1.29, 1.82) is 0 Å². The van der Waals surface area contributed by atoms with Crippen molar-refractivity contribution in [2.45, 2.75) is 182 Å². The molecule has 2 heteroatoms. The van der Waals surface area contributed by atoms with E-state index in [4.69, 9.17) is 0 Å². The third-order valence-electron chi connectivity index (χ3n) is 7.35. The topological polar surface area (TPSA) is 8.81 Å². The Morgan fingerprint density at radius 1 is 0.515 bits per heavy atom. The molecule has 1 aromatic rings. The van der Waals surface area contributed by atoms with E-state index in [1.165, 1.54) is 161 Å². The molecular weight excluding hydrogens is 400 g/mol. The number of rotatable bonds is 25. The first-order chi connectivity index (χ1) is 16.3. The highest BCUT2D eigenvalue weighted by molar-refractivity contribution is 4.84. The van der Waals surface area contributed by atoms with Crippen LogP contribution in [0.4, 0.5) is 0 Å². The quantitative estimate of drug-likeness (QED) is 0.101. The molecule has 1 aromatic heterocycles. The molecule has 0 amide bonds. The zero-order valence-corrected chi connectivity index (χ0v) is 23.2. The van der Waals surface area contributed by atoms with E-state index >= 15 is 0 Å². The number of hydrogen-bond acceptors (Lipinski definition) is 0. The van der Waals surface area contributed by atoms with E-state index in [9.17, 15) is 0 Å². The third-order valence-corrected chi connectivity index (χ3v) is 7.35. The van der Waals surface area contributed by atoms with Gasteiger partial charge in [0.1, 0.15) is 12.4 Å². The van der Waals surface area contributed by atoms with Crippen LogP contribution in [0, 0.1) is 0 Å². The lowest BCUT2D eigenvalue weighted by Crippen LogP contribution is -2.37. The summed E-state index contributed by atoms with van der Waals surface area (Å²) in [6.45, 7) is 9.37. The molecule has 1 heterocycles. The van der Waals surface area contributed by atoms with Crippen molar-refractivity contribution in [1.82, 2.24) is 4.57 Å². The Morgan fingerprint density at radius 2 is 0.939 bits per heavy atom. The Labute approximate surface area is 208 Å². The molecule has 33 heavy (non-hydrogen) atoms. The Morgan fingerprint density at radius 3 is 1.45 bits per heavy atom. The highest BCUT2D eigenvalue weighted by atomic mass is 15.1. The summed E-state index contributed by atoms with van der Waals surface area (Å²) in [5.41, 5.74) is 0. The molecule has 0 saturated heterocycles. The molecule has 0 unspecified atom stereocenters. The van der Waals surface area contributed by atoms with Crippen LogP contribution >= 0.6 is 0 Å². The number of unbranched alkanes of at least 4 members (excludes halogenated alkanes) is 19. The smallest absolute Gasteiger partial charge is 0.234 e. The molecule has 0 aromatic carbocycles. The maximum atomic E-state index is 2.61. The van der Waals surface area contributed by atoms with E-state index in [1.54, 1.807) is 5.82 Å². The minimum Gasteiger partial charge on any atom is -0.234 e. The van der Waals surface area contributed by atoms with Gasteiger partial charge in [0, 0.05) is 6.42 Å². The van der Waals surface area contributed by atoms with Gasteiger partial charge in [-0.15, -0.1) is 0 Å². The molecule has 0 atom stereocenters. The van der Waals surface area contributed by atoms with Crippen LogP contribution in [0.15, 0.2) is 12.4 Å². The fourth-order valence-corrected chi connectivity index (χ4v) is 5.09. The normalized spacial score (nSPS) is 11.5. The second kappa shape index (κ2) is 23.0. The average Bonchev–Trinajstić information content (AvgIpc) is 3.21. The van der Waals surface area contributed by atoms with E-state index in [0.29, 0.717) is 0 Å². The molecule has 194 valence electrons. The SMILES string of the molecule is CCCCCCCCCCCc1n(CCCCCCCCCC)cc[n+]1CCCCCCC. The zero-order valence-electron chi connectivity index (χ0n) is 23.2. The second-order valence-corrected chi connectivity index (χ2v) is 10.6. The minimum absolute atomic E-state index is 1.22. The predicted molar refractivity (Wildman–Crippen MR) is 147 cm³/mol. The first kappa shape index (κ1) is 30.2. The summed E-state index contributed by atoms with van der Waals surface area (Å²) in [5, 5.41) is 0. The maximum Gasteiger partial charge on any atom is 0.256 e. The summed E-state index contributed by atoms with van der Waals surface area (Å²) in [7, 11) is 0. The van der Waals surface area contributed by atoms with Gasteiger partial charge in [-0.05, 0) is 32.1 Å². The van der Waals surface area contributed by atoms with Crippen LogP contribution in [0.3, 0.4) is 0 Å². The lowest BCUT2D eigenvalue weighted by molar-refractivity contribution is -0.704. The molecule has 0 radical (unpaired) electrons. The molecule has 0 aliphatic heterocycles. The fraction of sp³-hybridized carbons (Fsp3) is 0.903. The molecule has 0 bridgehead atoms. The van der Waals surface area contributed by atoms with Gasteiger partial charge in [0.2, 0.25) is 0 Å². The number of hydrogen-bond donors (Lipinski definition) is 0. The molecule has 0 N–H and O–H groups in total. The van der Waals surface area contributed by atoms with Gasteiger partial charge in [0.05, 0.1) is 13.1 Å². The second-order valence-electron chi connectivity index (χ2n) is 10.6. The van der Waals surface area contributed by atoms with Crippen LogP contribution < -0.4 is 4.57 Å². The van der Waals surface area contributed by atoms with Gasteiger partial charge >= 0.3 is 0 Å². The highest BCUT2D eigenvalue weighted by Gasteiger charge is 2.16. The highest BCUT2D eigenvalue weighted by Crippen LogP contribution is 2.13. The molecule has 0 fully saturated rings. The molecule has 0 spiro atoms. The Balaban J connectivity index is 2.36. The van der Waals surface area contributed by atoms with Gasteiger partial charge in [-0.2, -0.15) is 0 Å². The van der Waals surface area contributed by atoms with E-state index in [0.717, 1.165) is 0 Å². The molecule has 1 rings (SSSR count). The van der Waals surface area contributed by atoms with E-state index in [2.05, 4.69) is 42.3 Å². The predicted octanol–water partition coefficient (Wildman–Crippen LogP) is 9.96. The monoisotopic (exact) mass is 461 g/mol. The molecule has 2 nitrogen and oxygen atoms in total. The van der Waals surface area contributed by atoms with Crippen LogP contribution in [-0.2, 0) is 19.5 Å². The zero-order chi connectivity index (χ0) is 23.8. The standard InChI is InChI=1S/C31H61N2/c1-4-7-10-13-15-17-18-20-23-26-31-32(27-24-21-12-9-6-3)29-30-33(31)28-25-22-19-16-14-11-8-5-2/h29-30H,4-28H2,1-3H3/q+1. The molecule has 0 aliphatic carbocycles. The molecular formula is C31H61N2+. The summed E-state index contributed by atoms with van der Waals surface area (Å²) < 4.78 is 5.20. The summed E-state index contributed by atoms with van der Waals surface area (Å²) >= 11 is 0. The number of aromatic nitrogens is 2. The van der Waals surface area contributed by atoms with Crippen molar-refractivity contribution in [3.8, 4) is 0 Å². The number of imidazole rings is 1. The lowest BCUT2D eigenvalue weighted by Gasteiger charge is -2.07. The summed E-state index contributed by atoms with van der Waals surface area (Å²) in [6.07, 6.45) is 37.0. The van der Waals surface area contributed by atoms with Gasteiger partial charge in [-0.1, -0.05) is 130 Å². The van der Waals surface area contributed by atoms with Crippen LogP contribution in [0.25, 0.3) is 0 Å². The van der Waals surface area contributed by atoms with Crippen LogP contribution in [0.1, 0.15) is 168 Å². The third kappa shape index (κ3) is 16.5. The summed E-state index contributed by atoms with van der Waals surface area (Å²) in [5.74, 6) is 1.61. The van der Waals surface area contributed by atoms with Crippen LogP contribution in [0.5, 0.6) is 0 Å². The fourth-order valence-electron chi connectivity index (χ4n) is 5.09. The Bertz CT molecular complexity index is 519. The Kier molecular flexibility index (Phi) is 21.1. The van der Waals surface area contributed by atoms with E-state index < -0.39 is 0 Å². The van der Waals surface area contributed by atoms with Crippen molar-refractivity contribution >= 4 is 0 Å². The molecule has 0 saturated carbocycles. The van der Waals surface area contributed by atoms with Crippen molar-refractivity contribution < 1.29 is 4.57 Å². The van der Waals surface area contributed by atoms with Gasteiger partial charge in [0.25, 0.3) is 5.82 Å². The van der Waals surface area contributed by atoms with Gasteiger partial charge in [-0.3, -0.25) is 0 Å².